The molecule has 0 fully saturated rings. The number of carboxylic acids is 1. The number of carboxylic acid groups (broad SMARTS) is 1. The Bertz CT molecular complexity index is 840. The molecule has 0 bridgehead atoms. The van der Waals surface area contributed by atoms with Gasteiger partial charge in [0.1, 0.15) is 18.0 Å². The molecule has 0 aliphatic carbocycles. The number of anilines is 2. The number of methoxy groups -OCH3 is 1. The van der Waals surface area contributed by atoms with Gasteiger partial charge >= 0.3 is 5.97 Å². The number of nitrogens with one attached hydrogen (secondary N) is 1. The van der Waals surface area contributed by atoms with E-state index >= 15 is 0 Å². The molecule has 24 heavy (non-hydrogen) atoms. The predicted octanol–water partition coefficient (Wildman–Crippen LogP) is 1.59. The Morgan fingerprint density at radius 3 is 2.42 bits per heavy atom. The van der Waals surface area contributed by atoms with Crippen LogP contribution in [0.2, 0.25) is 0 Å². The lowest BCUT2D eigenvalue weighted by atomic mass is 10.1. The van der Waals surface area contributed by atoms with Crippen molar-refractivity contribution in [3.63, 3.8) is 0 Å². The molecule has 0 amide bonds. The number of carbonyl (C=O) groups is 2. The molecule has 8 heteroatoms. The average molecular weight is 331 g/mol. The highest BCUT2D eigenvalue weighted by atomic mass is 16.5. The molecule has 1 aromatic heterocycles. The van der Waals surface area contributed by atoms with E-state index in [9.17, 15) is 14.4 Å². The Kier molecular flexibility index (Phi) is 4.98. The van der Waals surface area contributed by atoms with Crippen LogP contribution in [0, 0.1) is 6.92 Å². The topological polar surface area (TPSA) is 111 Å². The zero-order valence-electron chi connectivity index (χ0n) is 13.5. The van der Waals surface area contributed by atoms with Gasteiger partial charge < -0.3 is 15.2 Å². The molecule has 8 nitrogen and oxygen atoms in total. The van der Waals surface area contributed by atoms with Crippen molar-refractivity contribution in [2.45, 2.75) is 20.4 Å². The molecule has 0 spiro atoms. The van der Waals surface area contributed by atoms with Crippen molar-refractivity contribution < 1.29 is 19.4 Å². The molecular formula is C16H17N3O5. The first kappa shape index (κ1) is 17.2. The van der Waals surface area contributed by atoms with Gasteiger partial charge in [0.05, 0.1) is 18.4 Å². The fraction of sp³-hybridized carbons (Fsp3) is 0.250. The molecule has 2 rings (SSSR count). The van der Waals surface area contributed by atoms with E-state index in [1.165, 1.54) is 14.0 Å². The van der Waals surface area contributed by atoms with Crippen molar-refractivity contribution in [2.24, 2.45) is 0 Å². The fourth-order valence-corrected chi connectivity index (χ4v) is 2.29. The van der Waals surface area contributed by atoms with E-state index in [1.54, 1.807) is 31.2 Å². The molecule has 2 N–H and O–H groups in total. The predicted molar refractivity (Wildman–Crippen MR) is 87.2 cm³/mol. The van der Waals surface area contributed by atoms with Crippen LogP contribution in [0.1, 0.15) is 23.0 Å². The van der Waals surface area contributed by atoms with Gasteiger partial charge in [0.15, 0.2) is 5.78 Å². The highest BCUT2D eigenvalue weighted by molar-refractivity contribution is 6.01. The fourth-order valence-electron chi connectivity index (χ4n) is 2.29. The van der Waals surface area contributed by atoms with Gasteiger partial charge in [0.2, 0.25) is 0 Å². The van der Waals surface area contributed by atoms with Crippen molar-refractivity contribution >= 4 is 23.1 Å². The summed E-state index contributed by atoms with van der Waals surface area (Å²) < 4.78 is 5.88. The van der Waals surface area contributed by atoms with Crippen LogP contribution < -0.4 is 15.6 Å². The molecule has 0 unspecified atom stereocenters. The van der Waals surface area contributed by atoms with E-state index in [2.05, 4.69) is 10.4 Å². The van der Waals surface area contributed by atoms with Gasteiger partial charge in [0, 0.05) is 5.69 Å². The van der Waals surface area contributed by atoms with Crippen LogP contribution in [0.25, 0.3) is 0 Å². The smallest absolute Gasteiger partial charge is 0.325 e. The molecule has 0 atom stereocenters. The number of carbonyl (C=O) groups excluding carboxylic acids is 1. The maximum atomic E-state index is 12.5. The number of nitrogens with zero attached hydrogens (tertiary/aromatic N) is 2. The second-order valence-electron chi connectivity index (χ2n) is 5.10. The molecule has 0 saturated carbocycles. The number of ketones is 1. The van der Waals surface area contributed by atoms with Gasteiger partial charge in [-0.2, -0.15) is 5.10 Å². The first-order chi connectivity index (χ1) is 11.3. The zero-order chi connectivity index (χ0) is 17.9. The lowest BCUT2D eigenvalue weighted by molar-refractivity contribution is -0.138. The Labute approximate surface area is 137 Å². The van der Waals surface area contributed by atoms with Crippen molar-refractivity contribution in [1.29, 1.82) is 0 Å². The van der Waals surface area contributed by atoms with E-state index in [-0.39, 0.29) is 22.7 Å². The summed E-state index contributed by atoms with van der Waals surface area (Å²) in [7, 11) is 1.53. The van der Waals surface area contributed by atoms with E-state index in [1.807, 2.05) is 0 Å². The van der Waals surface area contributed by atoms with Crippen molar-refractivity contribution in [3.8, 4) is 5.75 Å². The van der Waals surface area contributed by atoms with Crippen LogP contribution in [0.5, 0.6) is 5.75 Å². The van der Waals surface area contributed by atoms with Gasteiger partial charge in [-0.25, -0.2) is 4.68 Å². The molecule has 126 valence electrons. The first-order valence-corrected chi connectivity index (χ1v) is 7.09. The van der Waals surface area contributed by atoms with E-state index in [4.69, 9.17) is 9.84 Å². The van der Waals surface area contributed by atoms with Crippen molar-refractivity contribution in [3.05, 3.63) is 45.9 Å². The third kappa shape index (κ3) is 3.60. The van der Waals surface area contributed by atoms with E-state index in [0.29, 0.717) is 11.4 Å². The third-order valence-corrected chi connectivity index (χ3v) is 3.33. The summed E-state index contributed by atoms with van der Waals surface area (Å²) in [6.07, 6.45) is 0. The van der Waals surface area contributed by atoms with Gasteiger partial charge in [-0.3, -0.25) is 14.4 Å². The van der Waals surface area contributed by atoms with E-state index < -0.39 is 18.1 Å². The van der Waals surface area contributed by atoms with E-state index in [0.717, 1.165) is 4.68 Å². The molecule has 0 radical (unpaired) electrons. The van der Waals surface area contributed by atoms with Crippen LogP contribution >= 0.6 is 0 Å². The van der Waals surface area contributed by atoms with Crippen LogP contribution in [-0.4, -0.2) is 33.7 Å². The second-order valence-corrected chi connectivity index (χ2v) is 5.10. The minimum absolute atomic E-state index is 0.00131. The SMILES string of the molecule is COc1ccc(Nc2c(C(C)=O)c(C)nn(CC(=O)O)c2=O)cc1. The van der Waals surface area contributed by atoms with Crippen LogP contribution in [0.3, 0.4) is 0 Å². The highest BCUT2D eigenvalue weighted by Crippen LogP contribution is 2.22. The van der Waals surface area contributed by atoms with Gasteiger partial charge in [-0.15, -0.1) is 0 Å². The Hall–Kier alpha value is -3.16. The maximum Gasteiger partial charge on any atom is 0.325 e. The summed E-state index contributed by atoms with van der Waals surface area (Å²) in [5.41, 5.74) is 0.296. The Morgan fingerprint density at radius 1 is 1.29 bits per heavy atom. The number of aromatic nitrogens is 2. The number of hydrogen-bond donors (Lipinski definition) is 2. The summed E-state index contributed by atoms with van der Waals surface area (Å²) in [4.78, 5) is 35.3. The molecule has 0 saturated heterocycles. The maximum absolute atomic E-state index is 12.5. The summed E-state index contributed by atoms with van der Waals surface area (Å²) in [5, 5.41) is 15.7. The molecular weight excluding hydrogens is 314 g/mol. The van der Waals surface area contributed by atoms with Crippen LogP contribution in [0.15, 0.2) is 29.1 Å². The number of Topliss-reactive ketones (excluding diaryl/α,β-unsaturated/α-hetero) is 1. The minimum atomic E-state index is -1.20. The minimum Gasteiger partial charge on any atom is -0.497 e. The number of hydrogen-bond acceptors (Lipinski definition) is 6. The average Bonchev–Trinajstić information content (AvgIpc) is 2.51. The quantitative estimate of drug-likeness (QED) is 0.773. The van der Waals surface area contributed by atoms with Gasteiger partial charge in [-0.1, -0.05) is 0 Å². The standard InChI is InChI=1S/C16H17N3O5/c1-9-14(10(2)20)15(16(23)19(18-9)8-13(21)22)17-11-4-6-12(24-3)7-5-11/h4-7,17H,8H2,1-3H3,(H,21,22). The summed E-state index contributed by atoms with van der Waals surface area (Å²) in [6, 6.07) is 6.75. The second kappa shape index (κ2) is 6.95. The normalized spacial score (nSPS) is 10.3. The number of rotatable bonds is 6. The van der Waals surface area contributed by atoms with Crippen LogP contribution in [-0.2, 0) is 11.3 Å². The molecule has 0 aliphatic rings. The summed E-state index contributed by atoms with van der Waals surface area (Å²) >= 11 is 0. The lowest BCUT2D eigenvalue weighted by Gasteiger charge is -2.14. The lowest BCUT2D eigenvalue weighted by Crippen LogP contribution is -2.31. The molecule has 1 aromatic carbocycles. The third-order valence-electron chi connectivity index (χ3n) is 3.33. The van der Waals surface area contributed by atoms with Gasteiger partial charge in [0.25, 0.3) is 5.56 Å². The van der Waals surface area contributed by atoms with Crippen LogP contribution in [0.4, 0.5) is 11.4 Å². The number of benzene rings is 1. The number of aliphatic carboxylic acids is 1. The first-order valence-electron chi connectivity index (χ1n) is 7.09. The summed E-state index contributed by atoms with van der Waals surface area (Å²) in [5.74, 6) is -0.896. The Morgan fingerprint density at radius 2 is 1.92 bits per heavy atom. The number of aryl methyl sites for hydroxylation is 1. The number of ether oxygens (including phenoxy) is 1. The monoisotopic (exact) mass is 331 g/mol. The largest absolute Gasteiger partial charge is 0.497 e. The highest BCUT2D eigenvalue weighted by Gasteiger charge is 2.19. The van der Waals surface area contributed by atoms with Crippen molar-refractivity contribution in [2.75, 3.05) is 12.4 Å². The molecule has 0 aliphatic heterocycles. The molecule has 2 aromatic rings. The Balaban J connectivity index is 2.55. The van der Waals surface area contributed by atoms with Crippen molar-refractivity contribution in [1.82, 2.24) is 9.78 Å². The van der Waals surface area contributed by atoms with Gasteiger partial charge in [-0.05, 0) is 38.1 Å². The molecule has 1 heterocycles. The summed E-state index contributed by atoms with van der Waals surface area (Å²) in [6.45, 7) is 2.28. The zero-order valence-corrected chi connectivity index (χ0v) is 13.5.